The molecule has 2 fully saturated rings. The number of hydrogen-bond donors (Lipinski definition) is 0. The standard InChI is InChI=1S/C22H30BrF3O/c1-2-3-15-4-6-16(7-5-15)17-8-10-18(11-9-17)22(25,26)27-21-13-12-19(23)14-20(21)24/h12-18H,2-11H2,1H3. The highest BCUT2D eigenvalue weighted by Crippen LogP contribution is 2.46. The van der Waals surface area contributed by atoms with Gasteiger partial charge in [-0.05, 0) is 74.5 Å². The minimum absolute atomic E-state index is 0.375. The third-order valence-corrected chi connectivity index (χ3v) is 7.14. The van der Waals surface area contributed by atoms with Crippen LogP contribution >= 0.6 is 15.9 Å². The smallest absolute Gasteiger partial charge is 0.400 e. The Hall–Kier alpha value is -0.710. The molecular weight excluding hydrogens is 417 g/mol. The van der Waals surface area contributed by atoms with Crippen LogP contribution in [0.5, 0.6) is 5.75 Å². The van der Waals surface area contributed by atoms with E-state index in [9.17, 15) is 13.2 Å². The fourth-order valence-corrected chi connectivity index (χ4v) is 5.40. The lowest BCUT2D eigenvalue weighted by Crippen LogP contribution is -2.38. The first-order valence-electron chi connectivity index (χ1n) is 10.4. The molecule has 1 nitrogen and oxygen atoms in total. The number of hydrogen-bond acceptors (Lipinski definition) is 1. The molecule has 1 aromatic carbocycles. The fourth-order valence-electron chi connectivity index (χ4n) is 5.07. The summed E-state index contributed by atoms with van der Waals surface area (Å²) in [6.45, 7) is 2.25. The molecule has 0 N–H and O–H groups in total. The molecule has 0 unspecified atom stereocenters. The van der Waals surface area contributed by atoms with E-state index in [4.69, 9.17) is 4.74 Å². The molecular formula is C22H30BrF3O. The molecule has 0 saturated heterocycles. The third kappa shape index (κ3) is 5.42. The Kier molecular flexibility index (Phi) is 7.15. The number of ether oxygens (including phenoxy) is 1. The number of halogens is 4. The van der Waals surface area contributed by atoms with Crippen molar-refractivity contribution >= 4 is 15.9 Å². The van der Waals surface area contributed by atoms with Crippen LogP contribution in [-0.4, -0.2) is 6.11 Å². The Labute approximate surface area is 169 Å². The highest BCUT2D eigenvalue weighted by atomic mass is 79.9. The molecule has 27 heavy (non-hydrogen) atoms. The average molecular weight is 447 g/mol. The van der Waals surface area contributed by atoms with E-state index in [1.807, 2.05) is 0 Å². The van der Waals surface area contributed by atoms with Gasteiger partial charge < -0.3 is 4.74 Å². The lowest BCUT2D eigenvalue weighted by atomic mass is 9.68. The summed E-state index contributed by atoms with van der Waals surface area (Å²) in [5.41, 5.74) is 0. The van der Waals surface area contributed by atoms with Crippen molar-refractivity contribution in [3.63, 3.8) is 0 Å². The SMILES string of the molecule is CCCC1CCC(C2CCC(C(F)(F)Oc3ccc(Br)cc3F)CC2)CC1. The van der Waals surface area contributed by atoms with Gasteiger partial charge in [-0.1, -0.05) is 48.5 Å². The van der Waals surface area contributed by atoms with Crippen LogP contribution in [0.15, 0.2) is 22.7 Å². The van der Waals surface area contributed by atoms with E-state index in [-0.39, 0.29) is 5.75 Å². The van der Waals surface area contributed by atoms with Crippen LogP contribution in [0, 0.1) is 29.5 Å². The molecule has 5 heteroatoms. The molecule has 2 saturated carbocycles. The van der Waals surface area contributed by atoms with Crippen LogP contribution in [0.3, 0.4) is 0 Å². The Bertz CT molecular complexity index is 606. The quantitative estimate of drug-likeness (QED) is 0.430. The van der Waals surface area contributed by atoms with Gasteiger partial charge in [-0.15, -0.1) is 0 Å². The van der Waals surface area contributed by atoms with Crippen LogP contribution in [0.2, 0.25) is 0 Å². The molecule has 0 amide bonds. The van der Waals surface area contributed by atoms with Crippen LogP contribution in [0.4, 0.5) is 13.2 Å². The average Bonchev–Trinajstić information content (AvgIpc) is 2.65. The van der Waals surface area contributed by atoms with Gasteiger partial charge in [0.2, 0.25) is 0 Å². The zero-order valence-corrected chi connectivity index (χ0v) is 17.6. The van der Waals surface area contributed by atoms with E-state index in [0.717, 1.165) is 24.8 Å². The number of alkyl halides is 2. The summed E-state index contributed by atoms with van der Waals surface area (Å²) in [5, 5.41) is 0. The van der Waals surface area contributed by atoms with Crippen LogP contribution < -0.4 is 4.74 Å². The summed E-state index contributed by atoms with van der Waals surface area (Å²) in [7, 11) is 0. The maximum absolute atomic E-state index is 14.6. The molecule has 3 rings (SSSR count). The summed E-state index contributed by atoms with van der Waals surface area (Å²) in [6.07, 6.45) is 7.01. The van der Waals surface area contributed by atoms with Gasteiger partial charge in [0.25, 0.3) is 0 Å². The Morgan fingerprint density at radius 3 is 2.15 bits per heavy atom. The Morgan fingerprint density at radius 1 is 1.00 bits per heavy atom. The van der Waals surface area contributed by atoms with Gasteiger partial charge in [-0.25, -0.2) is 4.39 Å². The second-order valence-electron chi connectivity index (χ2n) is 8.42. The summed E-state index contributed by atoms with van der Waals surface area (Å²) in [4.78, 5) is 0. The first kappa shape index (κ1) is 21.0. The highest BCUT2D eigenvalue weighted by molar-refractivity contribution is 9.10. The van der Waals surface area contributed by atoms with Crippen molar-refractivity contribution in [2.24, 2.45) is 23.7 Å². The molecule has 0 radical (unpaired) electrons. The molecule has 0 aromatic heterocycles. The van der Waals surface area contributed by atoms with Crippen molar-refractivity contribution in [3.8, 4) is 5.75 Å². The van der Waals surface area contributed by atoms with Crippen molar-refractivity contribution < 1.29 is 17.9 Å². The van der Waals surface area contributed by atoms with E-state index < -0.39 is 17.8 Å². The van der Waals surface area contributed by atoms with Gasteiger partial charge in [-0.2, -0.15) is 8.78 Å². The summed E-state index contributed by atoms with van der Waals surface area (Å²) >= 11 is 3.13. The highest BCUT2D eigenvalue weighted by Gasteiger charge is 2.45. The number of rotatable bonds is 6. The van der Waals surface area contributed by atoms with Gasteiger partial charge in [0.05, 0.1) is 5.92 Å². The third-order valence-electron chi connectivity index (χ3n) is 6.64. The maximum atomic E-state index is 14.6. The molecule has 0 spiro atoms. The van der Waals surface area contributed by atoms with Crippen molar-refractivity contribution in [1.29, 1.82) is 0 Å². The largest absolute Gasteiger partial charge is 0.429 e. The lowest BCUT2D eigenvalue weighted by molar-refractivity contribution is -0.225. The molecule has 0 heterocycles. The molecule has 0 atom stereocenters. The molecule has 152 valence electrons. The molecule has 1 aromatic rings. The van der Waals surface area contributed by atoms with E-state index in [0.29, 0.717) is 29.2 Å². The van der Waals surface area contributed by atoms with E-state index in [1.54, 1.807) is 0 Å². The normalized spacial score (nSPS) is 29.5. The maximum Gasteiger partial charge on any atom is 0.400 e. The fraction of sp³-hybridized carbons (Fsp3) is 0.727. The van der Waals surface area contributed by atoms with Gasteiger partial charge in [-0.3, -0.25) is 0 Å². The first-order valence-corrected chi connectivity index (χ1v) is 11.2. The predicted molar refractivity (Wildman–Crippen MR) is 105 cm³/mol. The van der Waals surface area contributed by atoms with Gasteiger partial charge in [0.1, 0.15) is 0 Å². The number of benzene rings is 1. The van der Waals surface area contributed by atoms with Crippen molar-refractivity contribution in [3.05, 3.63) is 28.5 Å². The summed E-state index contributed by atoms with van der Waals surface area (Å²) in [6, 6.07) is 3.92. The van der Waals surface area contributed by atoms with Gasteiger partial charge in [0.15, 0.2) is 11.6 Å². The first-order chi connectivity index (χ1) is 12.9. The van der Waals surface area contributed by atoms with Crippen molar-refractivity contribution in [2.75, 3.05) is 0 Å². The van der Waals surface area contributed by atoms with Crippen molar-refractivity contribution in [2.45, 2.75) is 77.2 Å². The predicted octanol–water partition coefficient (Wildman–Crippen LogP) is 7.97. The minimum atomic E-state index is -3.32. The lowest BCUT2D eigenvalue weighted by Gasteiger charge is -2.39. The topological polar surface area (TPSA) is 9.23 Å². The molecule has 2 aliphatic rings. The monoisotopic (exact) mass is 446 g/mol. The zero-order chi connectivity index (χ0) is 19.4. The van der Waals surface area contributed by atoms with Gasteiger partial charge >= 0.3 is 6.11 Å². The summed E-state index contributed by atoms with van der Waals surface area (Å²) < 4.78 is 48.3. The second-order valence-corrected chi connectivity index (χ2v) is 9.34. The van der Waals surface area contributed by atoms with Crippen molar-refractivity contribution in [1.82, 2.24) is 0 Å². The van der Waals surface area contributed by atoms with Crippen LogP contribution in [0.25, 0.3) is 0 Å². The van der Waals surface area contributed by atoms with Crippen LogP contribution in [-0.2, 0) is 0 Å². The second kappa shape index (κ2) is 9.19. The molecule has 0 aliphatic heterocycles. The van der Waals surface area contributed by atoms with E-state index >= 15 is 0 Å². The van der Waals surface area contributed by atoms with Crippen LogP contribution in [0.1, 0.15) is 71.1 Å². The summed E-state index contributed by atoms with van der Waals surface area (Å²) in [5.74, 6) is 0.192. The zero-order valence-electron chi connectivity index (χ0n) is 16.0. The molecule has 0 bridgehead atoms. The van der Waals surface area contributed by atoms with E-state index in [1.165, 1.54) is 50.7 Å². The van der Waals surface area contributed by atoms with E-state index in [2.05, 4.69) is 22.9 Å². The van der Waals surface area contributed by atoms with Gasteiger partial charge in [0, 0.05) is 4.47 Å². The minimum Gasteiger partial charge on any atom is -0.429 e. The Morgan fingerprint density at radius 2 is 1.59 bits per heavy atom. The Balaban J connectivity index is 1.50. The molecule has 2 aliphatic carbocycles.